The van der Waals surface area contributed by atoms with E-state index >= 15 is 0 Å². The number of piperidine rings is 1. The molecule has 6 heteroatoms. The van der Waals surface area contributed by atoms with Crippen LogP contribution in [0.15, 0.2) is 12.1 Å². The van der Waals surface area contributed by atoms with Gasteiger partial charge in [0, 0.05) is 18.8 Å². The Morgan fingerprint density at radius 3 is 2.85 bits per heavy atom. The van der Waals surface area contributed by atoms with Gasteiger partial charge in [-0.1, -0.05) is 0 Å². The largest absolute Gasteiger partial charge is 0.480 e. The van der Waals surface area contributed by atoms with Crippen LogP contribution in [-0.2, 0) is 9.53 Å². The molecule has 1 saturated heterocycles. The number of carboxylic acid groups (broad SMARTS) is 1. The van der Waals surface area contributed by atoms with Crippen molar-refractivity contribution >= 4 is 11.8 Å². The van der Waals surface area contributed by atoms with E-state index in [-0.39, 0.29) is 12.7 Å². The van der Waals surface area contributed by atoms with Crippen LogP contribution in [0.3, 0.4) is 0 Å². The van der Waals surface area contributed by atoms with Crippen molar-refractivity contribution < 1.29 is 14.6 Å². The summed E-state index contributed by atoms with van der Waals surface area (Å²) in [6.07, 6.45) is 1.46. The Morgan fingerprint density at radius 1 is 1.55 bits per heavy atom. The van der Waals surface area contributed by atoms with Crippen molar-refractivity contribution in [2.45, 2.75) is 25.9 Å². The fourth-order valence-corrected chi connectivity index (χ4v) is 2.29. The van der Waals surface area contributed by atoms with E-state index in [0.29, 0.717) is 11.4 Å². The highest BCUT2D eigenvalue weighted by Crippen LogP contribution is 2.23. The number of rotatable bonds is 4. The van der Waals surface area contributed by atoms with Crippen molar-refractivity contribution in [1.29, 1.82) is 5.26 Å². The van der Waals surface area contributed by atoms with Gasteiger partial charge in [0.15, 0.2) is 0 Å². The first-order valence-corrected chi connectivity index (χ1v) is 6.56. The molecule has 1 aliphatic rings. The first-order valence-electron chi connectivity index (χ1n) is 6.56. The summed E-state index contributed by atoms with van der Waals surface area (Å²) in [5.74, 6) is -0.233. The highest BCUT2D eigenvalue weighted by atomic mass is 16.5. The Morgan fingerprint density at radius 2 is 2.25 bits per heavy atom. The molecular formula is C14H17N3O3. The van der Waals surface area contributed by atoms with E-state index in [9.17, 15) is 4.79 Å². The molecule has 1 aromatic heterocycles. The van der Waals surface area contributed by atoms with Crippen LogP contribution in [0, 0.1) is 18.3 Å². The van der Waals surface area contributed by atoms with E-state index in [1.165, 1.54) is 0 Å². The normalized spacial score (nSPS) is 15.9. The first kappa shape index (κ1) is 14.3. The van der Waals surface area contributed by atoms with Crippen LogP contribution in [0.5, 0.6) is 0 Å². The Hall–Kier alpha value is -2.13. The molecule has 1 aliphatic heterocycles. The topological polar surface area (TPSA) is 86.5 Å². The molecule has 6 nitrogen and oxygen atoms in total. The van der Waals surface area contributed by atoms with Crippen molar-refractivity contribution in [2.75, 3.05) is 24.6 Å². The lowest BCUT2D eigenvalue weighted by atomic mass is 10.1. The number of ether oxygens (including phenoxy) is 1. The Kier molecular flexibility index (Phi) is 4.53. The molecule has 0 aliphatic carbocycles. The maximum atomic E-state index is 10.5. The van der Waals surface area contributed by atoms with E-state index in [2.05, 4.69) is 16.0 Å². The standard InChI is InChI=1S/C14H17N3O3/c1-10-2-3-11(8-15)14(16-10)17-6-4-12(5-7-17)20-9-13(18)19/h2-3,12H,4-7,9H2,1H3,(H,18,19). The number of carboxylic acids is 1. The van der Waals surface area contributed by atoms with E-state index in [1.807, 2.05) is 13.0 Å². The molecule has 20 heavy (non-hydrogen) atoms. The number of aryl methyl sites for hydroxylation is 1. The molecule has 0 spiro atoms. The number of carbonyl (C=O) groups is 1. The van der Waals surface area contributed by atoms with Gasteiger partial charge in [0.2, 0.25) is 0 Å². The van der Waals surface area contributed by atoms with Crippen LogP contribution < -0.4 is 4.90 Å². The average molecular weight is 275 g/mol. The Balaban J connectivity index is 1.99. The second-order valence-corrected chi connectivity index (χ2v) is 4.83. The molecular weight excluding hydrogens is 258 g/mol. The molecule has 0 bridgehead atoms. The van der Waals surface area contributed by atoms with Gasteiger partial charge in [0.05, 0.1) is 11.7 Å². The number of nitriles is 1. The minimum atomic E-state index is -0.945. The SMILES string of the molecule is Cc1ccc(C#N)c(N2CCC(OCC(=O)O)CC2)n1. The molecule has 1 aromatic rings. The molecule has 0 amide bonds. The van der Waals surface area contributed by atoms with Crippen LogP contribution in [0.2, 0.25) is 0 Å². The maximum absolute atomic E-state index is 10.5. The highest BCUT2D eigenvalue weighted by Gasteiger charge is 2.23. The Bertz CT molecular complexity index is 531. The third kappa shape index (κ3) is 3.45. The molecule has 0 atom stereocenters. The fraction of sp³-hybridized carbons (Fsp3) is 0.500. The van der Waals surface area contributed by atoms with Gasteiger partial charge in [-0.05, 0) is 31.9 Å². The predicted octanol–water partition coefficient (Wildman–Crippen LogP) is 1.33. The number of hydrogen-bond donors (Lipinski definition) is 1. The van der Waals surface area contributed by atoms with Gasteiger partial charge in [0.25, 0.3) is 0 Å². The van der Waals surface area contributed by atoms with E-state index in [4.69, 9.17) is 15.1 Å². The van der Waals surface area contributed by atoms with Crippen molar-refractivity contribution in [3.63, 3.8) is 0 Å². The zero-order valence-corrected chi connectivity index (χ0v) is 11.4. The molecule has 2 heterocycles. The van der Waals surface area contributed by atoms with Gasteiger partial charge in [0.1, 0.15) is 18.5 Å². The summed E-state index contributed by atoms with van der Waals surface area (Å²) in [7, 11) is 0. The smallest absolute Gasteiger partial charge is 0.329 e. The van der Waals surface area contributed by atoms with Crippen LogP contribution in [-0.4, -0.2) is 41.9 Å². The lowest BCUT2D eigenvalue weighted by Gasteiger charge is -2.33. The van der Waals surface area contributed by atoms with Gasteiger partial charge < -0.3 is 14.7 Å². The van der Waals surface area contributed by atoms with Gasteiger partial charge in [-0.25, -0.2) is 9.78 Å². The van der Waals surface area contributed by atoms with Crippen molar-refractivity contribution in [1.82, 2.24) is 4.98 Å². The van der Waals surface area contributed by atoms with E-state index in [1.54, 1.807) is 6.07 Å². The third-order valence-electron chi connectivity index (χ3n) is 3.32. The summed E-state index contributed by atoms with van der Waals surface area (Å²) in [4.78, 5) is 17.0. The summed E-state index contributed by atoms with van der Waals surface area (Å²) in [5, 5.41) is 17.7. The highest BCUT2D eigenvalue weighted by molar-refractivity contribution is 5.68. The molecule has 2 rings (SSSR count). The molecule has 0 unspecified atom stereocenters. The lowest BCUT2D eigenvalue weighted by Crippen LogP contribution is -2.38. The molecule has 1 fully saturated rings. The van der Waals surface area contributed by atoms with Gasteiger partial charge >= 0.3 is 5.97 Å². The first-order chi connectivity index (χ1) is 9.60. The minimum Gasteiger partial charge on any atom is -0.480 e. The average Bonchev–Trinajstić information content (AvgIpc) is 2.45. The van der Waals surface area contributed by atoms with Crippen LogP contribution in [0.1, 0.15) is 24.1 Å². The second-order valence-electron chi connectivity index (χ2n) is 4.83. The molecule has 0 saturated carbocycles. The van der Waals surface area contributed by atoms with Crippen molar-refractivity contribution in [2.24, 2.45) is 0 Å². The minimum absolute atomic E-state index is 0.0299. The Labute approximate surface area is 117 Å². The molecule has 106 valence electrons. The monoisotopic (exact) mass is 275 g/mol. The van der Waals surface area contributed by atoms with Gasteiger partial charge in [-0.3, -0.25) is 0 Å². The zero-order chi connectivity index (χ0) is 14.5. The summed E-state index contributed by atoms with van der Waals surface area (Å²) in [6.45, 7) is 3.08. The maximum Gasteiger partial charge on any atom is 0.329 e. The summed E-state index contributed by atoms with van der Waals surface area (Å²) >= 11 is 0. The quantitative estimate of drug-likeness (QED) is 0.892. The number of hydrogen-bond acceptors (Lipinski definition) is 5. The van der Waals surface area contributed by atoms with Gasteiger partial charge in [-0.15, -0.1) is 0 Å². The van der Waals surface area contributed by atoms with E-state index in [0.717, 1.165) is 31.6 Å². The number of anilines is 1. The number of pyridine rings is 1. The van der Waals surface area contributed by atoms with Crippen LogP contribution >= 0.6 is 0 Å². The fourth-order valence-electron chi connectivity index (χ4n) is 2.29. The summed E-state index contributed by atoms with van der Waals surface area (Å²) < 4.78 is 5.30. The van der Waals surface area contributed by atoms with Crippen LogP contribution in [0.4, 0.5) is 5.82 Å². The second kappa shape index (κ2) is 6.35. The third-order valence-corrected chi connectivity index (χ3v) is 3.32. The van der Waals surface area contributed by atoms with Gasteiger partial charge in [-0.2, -0.15) is 5.26 Å². The number of aromatic nitrogens is 1. The van der Waals surface area contributed by atoms with Crippen LogP contribution in [0.25, 0.3) is 0 Å². The van der Waals surface area contributed by atoms with E-state index < -0.39 is 5.97 Å². The lowest BCUT2D eigenvalue weighted by molar-refractivity contribution is -0.144. The molecule has 1 N–H and O–H groups in total. The zero-order valence-electron chi connectivity index (χ0n) is 11.4. The number of aliphatic carboxylic acids is 1. The number of nitrogens with zero attached hydrogens (tertiary/aromatic N) is 3. The molecule has 0 aromatic carbocycles. The summed E-state index contributed by atoms with van der Waals surface area (Å²) in [6, 6.07) is 5.76. The summed E-state index contributed by atoms with van der Waals surface area (Å²) in [5.41, 5.74) is 1.45. The van der Waals surface area contributed by atoms with Crippen molar-refractivity contribution in [3.05, 3.63) is 23.4 Å². The van der Waals surface area contributed by atoms with Crippen molar-refractivity contribution in [3.8, 4) is 6.07 Å². The predicted molar refractivity (Wildman–Crippen MR) is 72.5 cm³/mol. The molecule has 0 radical (unpaired) electrons.